The molecule has 1 N–H and O–H groups in total. The van der Waals surface area contributed by atoms with Crippen LogP contribution in [0.1, 0.15) is 29.2 Å². The van der Waals surface area contributed by atoms with Crippen molar-refractivity contribution in [3.8, 4) is 11.5 Å². The highest BCUT2D eigenvalue weighted by molar-refractivity contribution is 7.90. The van der Waals surface area contributed by atoms with Crippen LogP contribution in [0.25, 0.3) is 0 Å². The maximum atomic E-state index is 12.2. The third kappa shape index (κ3) is 3.11. The van der Waals surface area contributed by atoms with Crippen LogP contribution in [0.15, 0.2) is 27.8 Å². The Balaban J connectivity index is 1.73. The molecule has 1 aromatic carbocycles. The molecule has 0 spiro atoms. The lowest BCUT2D eigenvalue weighted by Crippen LogP contribution is -2.26. The quantitative estimate of drug-likeness (QED) is 0.864. The molecule has 23 heavy (non-hydrogen) atoms. The molecular formula is C13H13N3O6S. The molecule has 0 radical (unpaired) electrons. The fourth-order valence-electron chi connectivity index (χ4n) is 1.92. The Labute approximate surface area is 131 Å². The van der Waals surface area contributed by atoms with Crippen LogP contribution in [0.2, 0.25) is 0 Å². The average molecular weight is 339 g/mol. The van der Waals surface area contributed by atoms with Gasteiger partial charge in [-0.05, 0) is 25.1 Å². The predicted octanol–water partition coefficient (Wildman–Crippen LogP) is 0.693. The summed E-state index contributed by atoms with van der Waals surface area (Å²) in [5, 5.41) is 9.23. The Kier molecular flexibility index (Phi) is 3.68. The van der Waals surface area contributed by atoms with E-state index < -0.39 is 27.0 Å². The van der Waals surface area contributed by atoms with Crippen molar-refractivity contribution in [2.45, 2.75) is 18.2 Å². The van der Waals surface area contributed by atoms with E-state index in [1.165, 1.54) is 0 Å². The zero-order valence-electron chi connectivity index (χ0n) is 12.3. The number of carbonyl (C=O) groups is 1. The summed E-state index contributed by atoms with van der Waals surface area (Å²) < 4.78 is 38.1. The number of rotatable bonds is 4. The minimum Gasteiger partial charge on any atom is -0.454 e. The van der Waals surface area contributed by atoms with Crippen LogP contribution < -0.4 is 14.8 Å². The van der Waals surface area contributed by atoms with Gasteiger partial charge in [-0.25, -0.2) is 8.42 Å². The Hall–Kier alpha value is -2.62. The number of nitrogens with one attached hydrogen (secondary N) is 1. The van der Waals surface area contributed by atoms with E-state index in [2.05, 4.69) is 15.5 Å². The Bertz CT molecular complexity index is 860. The van der Waals surface area contributed by atoms with Crippen LogP contribution in [0, 0.1) is 0 Å². The van der Waals surface area contributed by atoms with Gasteiger partial charge in [0.05, 0.1) is 0 Å². The zero-order chi connectivity index (χ0) is 16.6. The monoisotopic (exact) mass is 339 g/mol. The lowest BCUT2D eigenvalue weighted by Gasteiger charge is -2.10. The second-order valence-corrected chi connectivity index (χ2v) is 6.84. The van der Waals surface area contributed by atoms with E-state index in [-0.39, 0.29) is 12.7 Å². The van der Waals surface area contributed by atoms with E-state index in [9.17, 15) is 13.2 Å². The molecule has 10 heteroatoms. The van der Waals surface area contributed by atoms with Gasteiger partial charge in [-0.2, -0.15) is 0 Å². The fourth-order valence-corrected chi connectivity index (χ4v) is 2.35. The Morgan fingerprint density at radius 3 is 2.70 bits per heavy atom. The molecule has 0 saturated heterocycles. The number of ether oxygens (including phenoxy) is 2. The maximum absolute atomic E-state index is 12.2. The average Bonchev–Trinajstić information content (AvgIpc) is 3.14. The van der Waals surface area contributed by atoms with E-state index in [1.807, 2.05) is 0 Å². The molecule has 1 atom stereocenters. The first-order valence-corrected chi connectivity index (χ1v) is 8.48. The Morgan fingerprint density at radius 1 is 1.26 bits per heavy atom. The van der Waals surface area contributed by atoms with Crippen LogP contribution >= 0.6 is 0 Å². The SMILES string of the molecule is C[C@H](NC(=O)c1ccc2c(c1)OCO2)c1nnc(S(C)(=O)=O)o1. The first-order valence-electron chi connectivity index (χ1n) is 6.58. The minimum atomic E-state index is -3.59. The summed E-state index contributed by atoms with van der Waals surface area (Å²) >= 11 is 0. The molecule has 1 aliphatic rings. The second-order valence-electron chi connectivity index (χ2n) is 4.94. The maximum Gasteiger partial charge on any atom is 0.335 e. The van der Waals surface area contributed by atoms with Gasteiger partial charge < -0.3 is 19.2 Å². The summed E-state index contributed by atoms with van der Waals surface area (Å²) in [5.74, 6) is 0.668. The first-order chi connectivity index (χ1) is 10.8. The molecule has 9 nitrogen and oxygen atoms in total. The van der Waals surface area contributed by atoms with E-state index in [0.29, 0.717) is 17.1 Å². The molecule has 3 rings (SSSR count). The largest absolute Gasteiger partial charge is 0.454 e. The molecule has 0 aliphatic carbocycles. The number of nitrogens with zero attached hydrogens (tertiary/aromatic N) is 2. The summed E-state index contributed by atoms with van der Waals surface area (Å²) in [5.41, 5.74) is 0.365. The lowest BCUT2D eigenvalue weighted by atomic mass is 10.2. The van der Waals surface area contributed by atoms with Crippen molar-refractivity contribution < 1.29 is 27.1 Å². The lowest BCUT2D eigenvalue weighted by molar-refractivity contribution is 0.0933. The van der Waals surface area contributed by atoms with Gasteiger partial charge in [0.2, 0.25) is 22.5 Å². The number of hydrogen-bond donors (Lipinski definition) is 1. The summed E-state index contributed by atoms with van der Waals surface area (Å²) in [6.45, 7) is 1.72. The number of amides is 1. The van der Waals surface area contributed by atoms with E-state index in [0.717, 1.165) is 6.26 Å². The van der Waals surface area contributed by atoms with Crippen LogP contribution in [0.4, 0.5) is 0 Å². The molecule has 1 amide bonds. The number of aromatic nitrogens is 2. The van der Waals surface area contributed by atoms with Crippen molar-refractivity contribution in [2.75, 3.05) is 13.0 Å². The van der Waals surface area contributed by atoms with Crippen molar-refractivity contribution >= 4 is 15.7 Å². The molecular weight excluding hydrogens is 326 g/mol. The van der Waals surface area contributed by atoms with Gasteiger partial charge in [0.1, 0.15) is 6.04 Å². The van der Waals surface area contributed by atoms with Crippen molar-refractivity contribution in [3.05, 3.63) is 29.7 Å². The smallest absolute Gasteiger partial charge is 0.335 e. The summed E-state index contributed by atoms with van der Waals surface area (Å²) in [7, 11) is -3.59. The molecule has 0 fully saturated rings. The highest BCUT2D eigenvalue weighted by atomic mass is 32.2. The second kappa shape index (κ2) is 5.54. The molecule has 1 aromatic heterocycles. The van der Waals surface area contributed by atoms with Gasteiger partial charge in [-0.1, -0.05) is 5.10 Å². The van der Waals surface area contributed by atoms with Crippen LogP contribution in [-0.2, 0) is 9.84 Å². The summed E-state index contributed by atoms with van der Waals surface area (Å²) in [6.07, 6.45) is 0.958. The normalized spacial score (nSPS) is 14.5. The van der Waals surface area contributed by atoms with E-state index in [4.69, 9.17) is 13.9 Å². The van der Waals surface area contributed by atoms with Gasteiger partial charge in [0, 0.05) is 11.8 Å². The molecule has 0 unspecified atom stereocenters. The van der Waals surface area contributed by atoms with E-state index >= 15 is 0 Å². The number of fused-ring (bicyclic) bond motifs is 1. The van der Waals surface area contributed by atoms with Crippen molar-refractivity contribution in [1.82, 2.24) is 15.5 Å². The Morgan fingerprint density at radius 2 is 2.00 bits per heavy atom. The standard InChI is InChI=1S/C13H13N3O6S/c1-7(12-15-16-13(22-12)23(2,18)19)14-11(17)8-3-4-9-10(5-8)21-6-20-9/h3-5,7H,6H2,1-2H3,(H,14,17)/t7-/m0/s1. The number of benzene rings is 1. The topological polar surface area (TPSA) is 121 Å². The molecule has 0 saturated carbocycles. The summed E-state index contributed by atoms with van der Waals surface area (Å²) in [6, 6.07) is 4.12. The molecule has 122 valence electrons. The molecule has 1 aliphatic heterocycles. The van der Waals surface area contributed by atoms with Crippen LogP contribution in [0.5, 0.6) is 11.5 Å². The number of hydrogen-bond acceptors (Lipinski definition) is 8. The number of sulfone groups is 1. The van der Waals surface area contributed by atoms with Crippen molar-refractivity contribution in [3.63, 3.8) is 0 Å². The highest BCUT2D eigenvalue weighted by Crippen LogP contribution is 2.32. The molecule has 2 aromatic rings. The third-order valence-corrected chi connectivity index (χ3v) is 3.89. The number of carbonyl (C=O) groups excluding carboxylic acids is 1. The van der Waals surface area contributed by atoms with Crippen molar-refractivity contribution in [2.24, 2.45) is 0 Å². The zero-order valence-corrected chi connectivity index (χ0v) is 13.1. The van der Waals surface area contributed by atoms with Gasteiger partial charge >= 0.3 is 5.22 Å². The van der Waals surface area contributed by atoms with Crippen LogP contribution in [-0.4, -0.2) is 37.6 Å². The van der Waals surface area contributed by atoms with E-state index in [1.54, 1.807) is 25.1 Å². The molecule has 2 heterocycles. The fraction of sp³-hybridized carbons (Fsp3) is 0.308. The van der Waals surface area contributed by atoms with Crippen molar-refractivity contribution in [1.29, 1.82) is 0 Å². The van der Waals surface area contributed by atoms with Gasteiger partial charge in [0.15, 0.2) is 11.5 Å². The summed E-state index contributed by atoms with van der Waals surface area (Å²) in [4.78, 5) is 12.2. The van der Waals surface area contributed by atoms with Gasteiger partial charge in [-0.15, -0.1) is 5.10 Å². The highest BCUT2D eigenvalue weighted by Gasteiger charge is 2.22. The van der Waals surface area contributed by atoms with Crippen LogP contribution in [0.3, 0.4) is 0 Å². The minimum absolute atomic E-state index is 0.000446. The molecule has 0 bridgehead atoms. The van der Waals surface area contributed by atoms with Gasteiger partial charge in [0.25, 0.3) is 5.91 Å². The predicted molar refractivity (Wildman–Crippen MR) is 75.9 cm³/mol. The first kappa shape index (κ1) is 15.3. The van der Waals surface area contributed by atoms with Gasteiger partial charge in [-0.3, -0.25) is 4.79 Å². The third-order valence-electron chi connectivity index (χ3n) is 3.09.